The molecule has 3 aromatic rings. The molecule has 0 saturated heterocycles. The fourth-order valence-electron chi connectivity index (χ4n) is 2.91. The van der Waals surface area contributed by atoms with Gasteiger partial charge in [0.25, 0.3) is 11.8 Å². The fraction of sp³-hybridized carbons (Fsp3) is 0.188. The van der Waals surface area contributed by atoms with E-state index in [0.29, 0.717) is 23.6 Å². The molecule has 4 rings (SSSR count). The van der Waals surface area contributed by atoms with Crippen LogP contribution < -0.4 is 5.32 Å². The first-order valence-corrected chi connectivity index (χ1v) is 8.42. The van der Waals surface area contributed by atoms with Crippen LogP contribution in [0.4, 0.5) is 0 Å². The average Bonchev–Trinajstić information content (AvgIpc) is 3.33. The van der Waals surface area contributed by atoms with Crippen LogP contribution in [0.5, 0.6) is 0 Å². The number of H-pyrrole nitrogens is 1. The summed E-state index contributed by atoms with van der Waals surface area (Å²) in [7, 11) is 0. The summed E-state index contributed by atoms with van der Waals surface area (Å²) in [6.45, 7) is 0.741. The van der Waals surface area contributed by atoms with E-state index in [1.54, 1.807) is 23.0 Å². The Balaban J connectivity index is 1.90. The first-order valence-electron chi connectivity index (χ1n) is 7.79. The third-order valence-electron chi connectivity index (χ3n) is 3.95. The Morgan fingerprint density at radius 2 is 2.04 bits per heavy atom. The van der Waals surface area contributed by atoms with Crippen LogP contribution in [0.15, 0.2) is 30.9 Å². The van der Waals surface area contributed by atoms with Crippen LogP contribution >= 0.6 is 12.6 Å². The third-order valence-corrected chi connectivity index (χ3v) is 4.13. The number of nitrogens with zero attached hydrogens (tertiary/aromatic N) is 4. The molecule has 0 spiro atoms. The van der Waals surface area contributed by atoms with E-state index in [2.05, 4.69) is 38.1 Å². The summed E-state index contributed by atoms with van der Waals surface area (Å²) in [5.41, 5.74) is 1.62. The quantitative estimate of drug-likeness (QED) is 0.333. The monoisotopic (exact) mass is 370 g/mol. The summed E-state index contributed by atoms with van der Waals surface area (Å²) in [6.07, 6.45) is 4.69. The third kappa shape index (κ3) is 2.68. The highest BCUT2D eigenvalue weighted by Crippen LogP contribution is 2.34. The van der Waals surface area contributed by atoms with E-state index in [1.165, 1.54) is 6.33 Å². The second-order valence-corrected chi connectivity index (χ2v) is 5.96. The summed E-state index contributed by atoms with van der Waals surface area (Å²) in [4.78, 5) is 33.2. The summed E-state index contributed by atoms with van der Waals surface area (Å²) in [5.74, 6) is -0.171. The van der Waals surface area contributed by atoms with Crippen molar-refractivity contribution in [1.82, 2.24) is 30.0 Å². The maximum absolute atomic E-state index is 12.5. The zero-order valence-electron chi connectivity index (χ0n) is 13.5. The Kier molecular flexibility index (Phi) is 4.27. The first-order chi connectivity index (χ1) is 12.7. The largest absolute Gasteiger partial charge is 0.360 e. The molecule has 3 aromatic heterocycles. The molecule has 0 aromatic carbocycles. The molecule has 26 heavy (non-hydrogen) atoms. The van der Waals surface area contributed by atoms with Gasteiger partial charge in [-0.2, -0.15) is 17.7 Å². The van der Waals surface area contributed by atoms with E-state index in [9.17, 15) is 9.59 Å². The Labute approximate surface area is 152 Å². The summed E-state index contributed by atoms with van der Waals surface area (Å²) in [6, 6.07) is 3.61. The number of hydrogen-bond acceptors (Lipinski definition) is 7. The van der Waals surface area contributed by atoms with E-state index >= 15 is 0 Å². The number of aromatic nitrogens is 5. The van der Waals surface area contributed by atoms with E-state index < -0.39 is 11.8 Å². The standard InChI is InChI=1S/C16H14N6O3S/c23-15-11(12(16(24)20-15)13-18-7-19-21-13)10-6-22(8-25-4-5-26)14-9(10)2-1-3-17-14/h1-3,6-7,26H,4-5,8H2,(H,18,19,21)(H,20,23,24). The van der Waals surface area contributed by atoms with Gasteiger partial charge in [0, 0.05) is 29.1 Å². The number of carbonyl (C=O) groups is 2. The van der Waals surface area contributed by atoms with Crippen LogP contribution in [0.1, 0.15) is 11.4 Å². The van der Waals surface area contributed by atoms with E-state index in [4.69, 9.17) is 4.74 Å². The van der Waals surface area contributed by atoms with Crippen molar-refractivity contribution in [3.05, 3.63) is 42.2 Å². The van der Waals surface area contributed by atoms with Crippen LogP contribution in [0.25, 0.3) is 22.2 Å². The molecule has 4 heterocycles. The number of imide groups is 1. The Bertz CT molecular complexity index is 1020. The highest BCUT2D eigenvalue weighted by atomic mass is 32.1. The van der Waals surface area contributed by atoms with Crippen LogP contribution in [0, 0.1) is 0 Å². The van der Waals surface area contributed by atoms with Crippen molar-refractivity contribution in [1.29, 1.82) is 0 Å². The zero-order valence-corrected chi connectivity index (χ0v) is 14.4. The van der Waals surface area contributed by atoms with Gasteiger partial charge >= 0.3 is 0 Å². The Morgan fingerprint density at radius 3 is 2.81 bits per heavy atom. The number of rotatable bonds is 6. The molecule has 0 radical (unpaired) electrons. The molecule has 2 N–H and O–H groups in total. The van der Waals surface area contributed by atoms with Crippen molar-refractivity contribution in [3.63, 3.8) is 0 Å². The van der Waals surface area contributed by atoms with E-state index in [0.717, 1.165) is 5.39 Å². The lowest BCUT2D eigenvalue weighted by atomic mass is 10.0. The SMILES string of the molecule is O=C1NC(=O)C(c2cn(COCCS)c3ncccc23)=C1c1ncn[nH]1. The maximum atomic E-state index is 12.5. The molecule has 0 saturated carbocycles. The van der Waals surface area contributed by atoms with Gasteiger partial charge in [0.2, 0.25) is 0 Å². The summed E-state index contributed by atoms with van der Waals surface area (Å²) >= 11 is 4.12. The minimum Gasteiger partial charge on any atom is -0.360 e. The minimum atomic E-state index is -0.516. The fourth-order valence-corrected chi connectivity index (χ4v) is 3.04. The molecule has 9 nitrogen and oxygen atoms in total. The van der Waals surface area contributed by atoms with Gasteiger partial charge in [0.1, 0.15) is 18.7 Å². The highest BCUT2D eigenvalue weighted by Gasteiger charge is 2.35. The minimum absolute atomic E-state index is 0.159. The number of ether oxygens (including phenoxy) is 1. The molecule has 0 aliphatic carbocycles. The van der Waals surface area contributed by atoms with Gasteiger partial charge in [0.05, 0.1) is 17.8 Å². The second-order valence-electron chi connectivity index (χ2n) is 5.52. The Hall–Kier alpha value is -2.98. The van der Waals surface area contributed by atoms with E-state index in [1.807, 2.05) is 6.07 Å². The van der Waals surface area contributed by atoms with Crippen molar-refractivity contribution in [2.24, 2.45) is 0 Å². The van der Waals surface area contributed by atoms with Crippen molar-refractivity contribution < 1.29 is 14.3 Å². The second kappa shape index (κ2) is 6.73. The first kappa shape index (κ1) is 16.5. The van der Waals surface area contributed by atoms with Crippen LogP contribution in [0.2, 0.25) is 0 Å². The van der Waals surface area contributed by atoms with Crippen molar-refractivity contribution >= 4 is 46.6 Å². The van der Waals surface area contributed by atoms with E-state index in [-0.39, 0.29) is 23.7 Å². The number of nitrogens with one attached hydrogen (secondary N) is 2. The maximum Gasteiger partial charge on any atom is 0.262 e. The molecule has 0 fully saturated rings. The lowest BCUT2D eigenvalue weighted by Crippen LogP contribution is -2.22. The van der Waals surface area contributed by atoms with Crippen LogP contribution in [0.3, 0.4) is 0 Å². The number of pyridine rings is 1. The summed E-state index contributed by atoms with van der Waals surface area (Å²) < 4.78 is 7.32. The van der Waals surface area contributed by atoms with Gasteiger partial charge in [-0.15, -0.1) is 0 Å². The smallest absolute Gasteiger partial charge is 0.262 e. The molecular formula is C16H14N6O3S. The highest BCUT2D eigenvalue weighted by molar-refractivity contribution is 7.80. The molecule has 0 bridgehead atoms. The van der Waals surface area contributed by atoms with Crippen LogP contribution in [-0.2, 0) is 21.1 Å². The van der Waals surface area contributed by atoms with Gasteiger partial charge in [-0.05, 0) is 12.1 Å². The molecule has 0 atom stereocenters. The Morgan fingerprint density at radius 1 is 1.19 bits per heavy atom. The van der Waals surface area contributed by atoms with Gasteiger partial charge < -0.3 is 9.30 Å². The summed E-state index contributed by atoms with van der Waals surface area (Å²) in [5, 5.41) is 9.46. The average molecular weight is 370 g/mol. The zero-order chi connectivity index (χ0) is 18.1. The number of hydrogen-bond donors (Lipinski definition) is 3. The van der Waals surface area contributed by atoms with Gasteiger partial charge in [-0.1, -0.05) is 0 Å². The lowest BCUT2D eigenvalue weighted by molar-refractivity contribution is -0.122. The lowest BCUT2D eigenvalue weighted by Gasteiger charge is -2.04. The van der Waals surface area contributed by atoms with Gasteiger partial charge in [-0.25, -0.2) is 9.97 Å². The van der Waals surface area contributed by atoms with Crippen molar-refractivity contribution in [2.75, 3.05) is 12.4 Å². The predicted octanol–water partition coefficient (Wildman–Crippen LogP) is 0.625. The normalized spacial score (nSPS) is 14.5. The number of aromatic amines is 1. The number of amides is 2. The van der Waals surface area contributed by atoms with Crippen molar-refractivity contribution in [2.45, 2.75) is 6.73 Å². The topological polar surface area (TPSA) is 115 Å². The molecule has 1 aliphatic heterocycles. The number of fused-ring (bicyclic) bond motifs is 1. The molecule has 1 aliphatic rings. The number of thiol groups is 1. The van der Waals surface area contributed by atoms with Gasteiger partial charge in [-0.3, -0.25) is 20.0 Å². The molecular weight excluding hydrogens is 356 g/mol. The van der Waals surface area contributed by atoms with Crippen molar-refractivity contribution in [3.8, 4) is 0 Å². The molecule has 2 amide bonds. The predicted molar refractivity (Wildman–Crippen MR) is 95.9 cm³/mol. The molecule has 132 valence electrons. The van der Waals surface area contributed by atoms with Gasteiger partial charge in [0.15, 0.2) is 5.82 Å². The number of carbonyl (C=O) groups excluding carboxylic acids is 2. The molecule has 10 heteroatoms. The molecule has 0 unspecified atom stereocenters. The van der Waals surface area contributed by atoms with Crippen LogP contribution in [-0.4, -0.2) is 48.9 Å².